The maximum absolute atomic E-state index is 12.4. The maximum Gasteiger partial charge on any atom is 0.410 e. The molecule has 2 N–H and O–H groups in total. The van der Waals surface area contributed by atoms with E-state index in [0.29, 0.717) is 19.4 Å². The number of aliphatic hydroxyl groups is 1. The SMILES string of the molecule is CC(=O)NC(C)(C)C#Cc1ccc(C(C)N2CCC(CC(C)(C)O)OC2=O)cc1.c1ccccc1. The summed E-state index contributed by atoms with van der Waals surface area (Å²) in [4.78, 5) is 25.4. The number of ether oxygens (including phenoxy) is 1. The Kier molecular flexibility index (Phi) is 9.91. The normalized spacial score (nSPS) is 16.6. The Morgan fingerprint density at radius 2 is 1.66 bits per heavy atom. The second-order valence-corrected chi connectivity index (χ2v) is 10.0. The number of nitrogens with one attached hydrogen (secondary N) is 1. The Morgan fingerprint density at radius 1 is 1.11 bits per heavy atom. The summed E-state index contributed by atoms with van der Waals surface area (Å²) in [7, 11) is 0. The summed E-state index contributed by atoms with van der Waals surface area (Å²) in [6, 6.07) is 19.6. The Hall–Kier alpha value is -3.30. The molecule has 2 unspecified atom stereocenters. The number of carbonyl (C=O) groups is 2. The molecule has 0 spiro atoms. The van der Waals surface area contributed by atoms with E-state index < -0.39 is 11.1 Å². The molecule has 1 aliphatic heterocycles. The van der Waals surface area contributed by atoms with Crippen molar-refractivity contribution in [2.75, 3.05) is 6.54 Å². The molecule has 2 aromatic rings. The van der Waals surface area contributed by atoms with Crippen LogP contribution in [0.3, 0.4) is 0 Å². The van der Waals surface area contributed by atoms with Crippen molar-refractivity contribution in [1.82, 2.24) is 10.2 Å². The second kappa shape index (κ2) is 12.4. The molecule has 1 heterocycles. The number of carbonyl (C=O) groups excluding carboxylic acids is 2. The Balaban J connectivity index is 0.000000625. The van der Waals surface area contributed by atoms with Gasteiger partial charge in [0.05, 0.1) is 17.2 Å². The zero-order chi connectivity index (χ0) is 26.1. The monoisotopic (exact) mass is 478 g/mol. The van der Waals surface area contributed by atoms with Crippen molar-refractivity contribution in [1.29, 1.82) is 0 Å². The van der Waals surface area contributed by atoms with E-state index in [1.807, 2.05) is 81.4 Å². The summed E-state index contributed by atoms with van der Waals surface area (Å²) in [5, 5.41) is 12.7. The minimum Gasteiger partial charge on any atom is -0.446 e. The highest BCUT2D eigenvalue weighted by Crippen LogP contribution is 2.28. The molecule has 35 heavy (non-hydrogen) atoms. The van der Waals surface area contributed by atoms with Crippen LogP contribution in [0.15, 0.2) is 60.7 Å². The number of hydrogen-bond donors (Lipinski definition) is 2. The highest BCUT2D eigenvalue weighted by molar-refractivity contribution is 5.74. The fourth-order valence-corrected chi connectivity index (χ4v) is 3.81. The van der Waals surface area contributed by atoms with Gasteiger partial charge in [0.2, 0.25) is 5.91 Å². The third-order valence-electron chi connectivity index (χ3n) is 5.46. The third kappa shape index (κ3) is 10.2. The molecule has 188 valence electrons. The van der Waals surface area contributed by atoms with Crippen LogP contribution in [0.2, 0.25) is 0 Å². The van der Waals surface area contributed by atoms with Crippen molar-refractivity contribution >= 4 is 12.0 Å². The number of nitrogens with zero attached hydrogens (tertiary/aromatic N) is 1. The van der Waals surface area contributed by atoms with Crippen LogP contribution in [0, 0.1) is 11.8 Å². The highest BCUT2D eigenvalue weighted by Gasteiger charge is 2.33. The highest BCUT2D eigenvalue weighted by atomic mass is 16.6. The first-order valence-corrected chi connectivity index (χ1v) is 12.0. The fourth-order valence-electron chi connectivity index (χ4n) is 3.81. The van der Waals surface area contributed by atoms with Crippen LogP contribution < -0.4 is 5.32 Å². The predicted octanol–water partition coefficient (Wildman–Crippen LogP) is 5.07. The van der Waals surface area contributed by atoms with Crippen LogP contribution in [-0.4, -0.2) is 45.8 Å². The van der Waals surface area contributed by atoms with Crippen LogP contribution >= 0.6 is 0 Å². The number of hydrogen-bond acceptors (Lipinski definition) is 4. The van der Waals surface area contributed by atoms with E-state index in [4.69, 9.17) is 4.74 Å². The van der Waals surface area contributed by atoms with Gasteiger partial charge in [0.15, 0.2) is 0 Å². The largest absolute Gasteiger partial charge is 0.446 e. The molecule has 6 heteroatoms. The van der Waals surface area contributed by atoms with Crippen molar-refractivity contribution in [2.45, 2.75) is 77.7 Å². The molecular formula is C29H38N2O4. The van der Waals surface area contributed by atoms with Gasteiger partial charge < -0.3 is 20.1 Å². The lowest BCUT2D eigenvalue weighted by Crippen LogP contribution is -2.45. The molecular weight excluding hydrogens is 440 g/mol. The molecule has 6 nitrogen and oxygen atoms in total. The van der Waals surface area contributed by atoms with E-state index in [-0.39, 0.29) is 24.1 Å². The van der Waals surface area contributed by atoms with E-state index in [1.54, 1.807) is 18.7 Å². The molecule has 0 aromatic heterocycles. The van der Waals surface area contributed by atoms with Gasteiger partial charge in [-0.1, -0.05) is 60.4 Å². The lowest BCUT2D eigenvalue weighted by atomic mass is 9.97. The van der Waals surface area contributed by atoms with Crippen molar-refractivity contribution in [3.8, 4) is 11.8 Å². The van der Waals surface area contributed by atoms with Crippen molar-refractivity contribution in [3.63, 3.8) is 0 Å². The van der Waals surface area contributed by atoms with Crippen LogP contribution in [0.4, 0.5) is 4.79 Å². The minimum absolute atomic E-state index is 0.119. The minimum atomic E-state index is -0.857. The van der Waals surface area contributed by atoms with Crippen LogP contribution in [0.5, 0.6) is 0 Å². The van der Waals surface area contributed by atoms with Gasteiger partial charge in [-0.15, -0.1) is 0 Å². The summed E-state index contributed by atoms with van der Waals surface area (Å²) >= 11 is 0. The van der Waals surface area contributed by atoms with Gasteiger partial charge in [-0.2, -0.15) is 0 Å². The summed E-state index contributed by atoms with van der Waals surface area (Å²) in [6.45, 7) is 11.2. The van der Waals surface area contributed by atoms with Crippen LogP contribution in [-0.2, 0) is 9.53 Å². The van der Waals surface area contributed by atoms with Crippen LogP contribution in [0.25, 0.3) is 0 Å². The third-order valence-corrected chi connectivity index (χ3v) is 5.46. The predicted molar refractivity (Wildman–Crippen MR) is 139 cm³/mol. The molecule has 2 amide bonds. The summed E-state index contributed by atoms with van der Waals surface area (Å²) in [5.41, 5.74) is 0.375. The van der Waals surface area contributed by atoms with Gasteiger partial charge in [-0.25, -0.2) is 4.79 Å². The zero-order valence-corrected chi connectivity index (χ0v) is 21.7. The van der Waals surface area contributed by atoms with Crippen molar-refractivity contribution < 1.29 is 19.4 Å². The number of rotatable bonds is 5. The first kappa shape index (κ1) is 27.9. The zero-order valence-electron chi connectivity index (χ0n) is 21.7. The fraction of sp³-hybridized carbons (Fsp3) is 0.448. The Morgan fingerprint density at radius 3 is 2.11 bits per heavy atom. The van der Waals surface area contributed by atoms with E-state index in [2.05, 4.69) is 17.2 Å². The first-order chi connectivity index (χ1) is 16.4. The lowest BCUT2D eigenvalue weighted by Gasteiger charge is -2.37. The first-order valence-electron chi connectivity index (χ1n) is 12.0. The van der Waals surface area contributed by atoms with E-state index in [0.717, 1.165) is 11.1 Å². The average molecular weight is 479 g/mol. The molecule has 1 fully saturated rings. The van der Waals surface area contributed by atoms with Gasteiger partial charge in [0.25, 0.3) is 0 Å². The Bertz CT molecular complexity index is 988. The topological polar surface area (TPSA) is 78.9 Å². The quantitative estimate of drug-likeness (QED) is 0.588. The van der Waals surface area contributed by atoms with Crippen molar-refractivity contribution in [3.05, 3.63) is 71.8 Å². The molecule has 1 saturated heterocycles. The number of benzene rings is 2. The average Bonchev–Trinajstić information content (AvgIpc) is 2.77. The summed E-state index contributed by atoms with van der Waals surface area (Å²) in [5.74, 6) is 6.02. The van der Waals surface area contributed by atoms with Crippen molar-refractivity contribution in [2.24, 2.45) is 0 Å². The van der Waals surface area contributed by atoms with Crippen LogP contribution in [0.1, 0.15) is 71.6 Å². The second-order valence-electron chi connectivity index (χ2n) is 10.0. The van der Waals surface area contributed by atoms with E-state index in [9.17, 15) is 14.7 Å². The lowest BCUT2D eigenvalue weighted by molar-refractivity contribution is -0.120. The Labute approximate surface area is 209 Å². The smallest absolute Gasteiger partial charge is 0.410 e. The summed E-state index contributed by atoms with van der Waals surface area (Å²) in [6.07, 6.45) is 0.528. The number of amides is 2. The molecule has 3 rings (SSSR count). The van der Waals surface area contributed by atoms with E-state index in [1.165, 1.54) is 6.92 Å². The maximum atomic E-state index is 12.4. The van der Waals surface area contributed by atoms with Gasteiger partial charge in [0.1, 0.15) is 6.10 Å². The standard InChI is InChI=1S/C23H32N2O4.C6H6/c1-16(25-14-12-20(29-21(25)27)15-23(5,6)28)19-9-7-18(8-10-19)11-13-22(3,4)24-17(2)26;1-2-4-6-5-3-1/h7-10,16,20,28H,12,14-15H2,1-6H3,(H,24,26);1-6H. The molecule has 1 aliphatic rings. The molecule has 0 radical (unpaired) electrons. The summed E-state index contributed by atoms with van der Waals surface area (Å²) < 4.78 is 5.52. The van der Waals surface area contributed by atoms with E-state index >= 15 is 0 Å². The molecule has 0 bridgehead atoms. The van der Waals surface area contributed by atoms with Gasteiger partial charge in [-0.3, -0.25) is 4.79 Å². The van der Waals surface area contributed by atoms with Gasteiger partial charge in [-0.05, 0) is 52.3 Å². The van der Waals surface area contributed by atoms with Gasteiger partial charge >= 0.3 is 6.09 Å². The molecule has 0 saturated carbocycles. The van der Waals surface area contributed by atoms with Gasteiger partial charge in [0, 0.05) is 31.9 Å². The molecule has 2 atom stereocenters. The molecule has 2 aromatic carbocycles. The number of cyclic esters (lactones) is 1. The molecule has 0 aliphatic carbocycles.